The summed E-state index contributed by atoms with van der Waals surface area (Å²) < 4.78 is 5.66. The molecule has 6 rings (SSSR count). The number of H-pyrrole nitrogens is 1. The second-order valence-electron chi connectivity index (χ2n) is 8.98. The number of methoxy groups -OCH3 is 1. The van der Waals surface area contributed by atoms with Gasteiger partial charge < -0.3 is 36.3 Å². The van der Waals surface area contributed by atoms with E-state index in [0.717, 1.165) is 42.4 Å². The predicted molar refractivity (Wildman–Crippen MR) is 143 cm³/mol. The molecule has 2 aliphatic heterocycles. The molecule has 5 heterocycles. The summed E-state index contributed by atoms with van der Waals surface area (Å²) in [5.74, 6) is 1.05. The van der Waals surface area contributed by atoms with Crippen LogP contribution in [0.25, 0.3) is 11.0 Å². The molecule has 0 aliphatic carbocycles. The normalized spacial score (nSPS) is 16.7. The quantitative estimate of drug-likeness (QED) is 0.250. The Bertz CT molecular complexity index is 1510. The number of primary amides is 1. The van der Waals surface area contributed by atoms with Crippen molar-refractivity contribution in [3.05, 3.63) is 46.3 Å². The molecule has 3 aromatic heterocycles. The largest absolute Gasteiger partial charge is 0.495 e. The molecule has 1 fully saturated rings. The Morgan fingerprint density at radius 3 is 2.89 bits per heavy atom. The molecule has 1 atom stereocenters. The Balaban J connectivity index is 1.34. The van der Waals surface area contributed by atoms with E-state index in [0.29, 0.717) is 46.0 Å². The van der Waals surface area contributed by atoms with E-state index >= 15 is 0 Å². The third-order valence-corrected chi connectivity index (χ3v) is 7.65. The average molecular weight is 519 g/mol. The van der Waals surface area contributed by atoms with Crippen molar-refractivity contribution >= 4 is 63.0 Å². The first-order valence-electron chi connectivity index (χ1n) is 12.0. The monoisotopic (exact) mass is 518 g/mol. The molecule has 2 amide bonds. The van der Waals surface area contributed by atoms with Crippen molar-refractivity contribution in [1.29, 1.82) is 0 Å². The van der Waals surface area contributed by atoms with E-state index in [4.69, 9.17) is 10.5 Å². The first kappa shape index (κ1) is 23.3. The number of hydrogen-bond donors (Lipinski definition) is 5. The number of carbonyl (C=O) groups excluding carboxylic acids is 2. The summed E-state index contributed by atoms with van der Waals surface area (Å²) in [7, 11) is 1.61. The lowest BCUT2D eigenvalue weighted by atomic mass is 10.1. The number of thiophene rings is 1. The molecular weight excluding hydrogens is 492 g/mol. The van der Waals surface area contributed by atoms with Gasteiger partial charge in [-0.15, -0.1) is 11.3 Å². The molecule has 190 valence electrons. The van der Waals surface area contributed by atoms with Crippen molar-refractivity contribution in [3.63, 3.8) is 0 Å². The van der Waals surface area contributed by atoms with Gasteiger partial charge in [-0.2, -0.15) is 9.97 Å². The molecule has 4 aromatic rings. The standard InChI is InChI=1S/C25H26N8O3S/c1-36-19-11-13-5-9-33(24(35)16-3-2-7-27-16)18(13)12-17(19)30-25-31-22-14(4-8-28-22)23(32-25)29-15-6-10-37-20(15)21(26)34/h4,6,8,10-12,16,27H,2-3,5,7,9H2,1H3,(H2,26,34)(H3,28,29,30,31,32). The SMILES string of the molecule is COc1cc2c(cc1Nc1nc(Nc3ccsc3C(N)=O)c3cc[nH]c3n1)N(C(=O)C1CCCN1)CC2. The third-order valence-electron chi connectivity index (χ3n) is 6.73. The topological polar surface area (TPSA) is 150 Å². The van der Waals surface area contributed by atoms with Crippen LogP contribution in [0.2, 0.25) is 0 Å². The number of benzene rings is 1. The molecule has 12 heteroatoms. The van der Waals surface area contributed by atoms with Gasteiger partial charge in [0.2, 0.25) is 11.9 Å². The average Bonchev–Trinajstić information content (AvgIpc) is 3.70. The second kappa shape index (κ2) is 9.37. The van der Waals surface area contributed by atoms with Crippen molar-refractivity contribution in [2.45, 2.75) is 25.3 Å². The number of anilines is 5. The third kappa shape index (κ3) is 4.23. The molecule has 11 nitrogen and oxygen atoms in total. The number of aromatic amines is 1. The number of nitrogens with zero attached hydrogens (tertiary/aromatic N) is 3. The molecule has 0 bridgehead atoms. The van der Waals surface area contributed by atoms with Crippen molar-refractivity contribution in [2.75, 3.05) is 35.7 Å². The lowest BCUT2D eigenvalue weighted by molar-refractivity contribution is -0.120. The zero-order chi connectivity index (χ0) is 25.5. The second-order valence-corrected chi connectivity index (χ2v) is 9.90. The zero-order valence-electron chi connectivity index (χ0n) is 20.1. The molecule has 2 aliphatic rings. The number of ether oxygens (including phenoxy) is 1. The Morgan fingerprint density at radius 2 is 2.11 bits per heavy atom. The minimum Gasteiger partial charge on any atom is -0.495 e. The van der Waals surface area contributed by atoms with E-state index in [1.807, 2.05) is 23.1 Å². The first-order valence-corrected chi connectivity index (χ1v) is 12.9. The number of amides is 2. The van der Waals surface area contributed by atoms with E-state index in [1.54, 1.807) is 24.8 Å². The van der Waals surface area contributed by atoms with Crippen molar-refractivity contribution < 1.29 is 14.3 Å². The maximum Gasteiger partial charge on any atom is 0.260 e. The molecule has 0 radical (unpaired) electrons. The van der Waals surface area contributed by atoms with Gasteiger partial charge in [-0.05, 0) is 61.0 Å². The van der Waals surface area contributed by atoms with Crippen LogP contribution in [-0.4, -0.2) is 53.0 Å². The number of nitrogens with one attached hydrogen (secondary N) is 4. The summed E-state index contributed by atoms with van der Waals surface area (Å²) in [6, 6.07) is 7.39. The van der Waals surface area contributed by atoms with Gasteiger partial charge in [0.1, 0.15) is 22.1 Å². The Labute approximate surface area is 216 Å². The van der Waals surface area contributed by atoms with Gasteiger partial charge in [-0.3, -0.25) is 9.59 Å². The number of carbonyl (C=O) groups is 2. The number of rotatable bonds is 7. The van der Waals surface area contributed by atoms with Gasteiger partial charge in [-0.1, -0.05) is 0 Å². The van der Waals surface area contributed by atoms with E-state index in [2.05, 4.69) is 30.9 Å². The van der Waals surface area contributed by atoms with Gasteiger partial charge in [0.25, 0.3) is 5.91 Å². The zero-order valence-corrected chi connectivity index (χ0v) is 20.9. The van der Waals surface area contributed by atoms with Crippen LogP contribution in [-0.2, 0) is 11.2 Å². The molecular formula is C25H26N8O3S. The summed E-state index contributed by atoms with van der Waals surface area (Å²) in [6.07, 6.45) is 4.40. The fourth-order valence-electron chi connectivity index (χ4n) is 4.93. The van der Waals surface area contributed by atoms with E-state index in [9.17, 15) is 9.59 Å². The van der Waals surface area contributed by atoms with Gasteiger partial charge >= 0.3 is 0 Å². The molecule has 0 saturated carbocycles. The van der Waals surface area contributed by atoms with Crippen LogP contribution in [0.4, 0.5) is 28.8 Å². The van der Waals surface area contributed by atoms with Crippen LogP contribution < -0.4 is 31.3 Å². The van der Waals surface area contributed by atoms with Crippen LogP contribution in [0.15, 0.2) is 35.8 Å². The Morgan fingerprint density at radius 1 is 1.22 bits per heavy atom. The molecule has 1 unspecified atom stereocenters. The summed E-state index contributed by atoms with van der Waals surface area (Å²) in [5.41, 5.74) is 9.28. The first-order chi connectivity index (χ1) is 18.0. The molecule has 1 aromatic carbocycles. The Hall–Kier alpha value is -4.16. The van der Waals surface area contributed by atoms with E-state index < -0.39 is 5.91 Å². The smallest absolute Gasteiger partial charge is 0.260 e. The molecule has 1 saturated heterocycles. The summed E-state index contributed by atoms with van der Waals surface area (Å²) >= 11 is 1.26. The number of nitrogens with two attached hydrogens (primary N) is 1. The van der Waals surface area contributed by atoms with E-state index in [1.165, 1.54) is 11.3 Å². The van der Waals surface area contributed by atoms with Gasteiger partial charge in [0.05, 0.1) is 29.9 Å². The van der Waals surface area contributed by atoms with Gasteiger partial charge in [0.15, 0.2) is 0 Å². The maximum atomic E-state index is 13.2. The lowest BCUT2D eigenvalue weighted by Gasteiger charge is -2.22. The molecule has 6 N–H and O–H groups in total. The number of hydrogen-bond acceptors (Lipinski definition) is 9. The summed E-state index contributed by atoms with van der Waals surface area (Å²) in [6.45, 7) is 1.51. The predicted octanol–water partition coefficient (Wildman–Crippen LogP) is 3.26. The van der Waals surface area contributed by atoms with Crippen LogP contribution in [0.1, 0.15) is 28.1 Å². The highest BCUT2D eigenvalue weighted by Crippen LogP contribution is 2.39. The fourth-order valence-corrected chi connectivity index (χ4v) is 5.63. The van der Waals surface area contributed by atoms with Crippen LogP contribution in [0.3, 0.4) is 0 Å². The highest BCUT2D eigenvalue weighted by atomic mass is 32.1. The number of fused-ring (bicyclic) bond motifs is 2. The van der Waals surface area contributed by atoms with Gasteiger partial charge in [-0.25, -0.2) is 0 Å². The fraction of sp³-hybridized carbons (Fsp3) is 0.280. The van der Waals surface area contributed by atoms with Crippen molar-refractivity contribution in [1.82, 2.24) is 20.3 Å². The Kier molecular flexibility index (Phi) is 5.89. The minimum atomic E-state index is -0.509. The van der Waals surface area contributed by atoms with Crippen LogP contribution in [0.5, 0.6) is 5.75 Å². The van der Waals surface area contributed by atoms with Crippen molar-refractivity contribution in [3.8, 4) is 5.75 Å². The number of aromatic nitrogens is 3. The minimum absolute atomic E-state index is 0.101. The maximum absolute atomic E-state index is 13.2. The molecule has 37 heavy (non-hydrogen) atoms. The van der Waals surface area contributed by atoms with Crippen LogP contribution >= 0.6 is 11.3 Å². The van der Waals surface area contributed by atoms with Gasteiger partial charge in [0, 0.05) is 18.4 Å². The highest BCUT2D eigenvalue weighted by molar-refractivity contribution is 7.12. The van der Waals surface area contributed by atoms with Crippen LogP contribution in [0, 0.1) is 0 Å². The summed E-state index contributed by atoms with van der Waals surface area (Å²) in [5, 5.41) is 12.3. The highest BCUT2D eigenvalue weighted by Gasteiger charge is 2.32. The van der Waals surface area contributed by atoms with Crippen molar-refractivity contribution in [2.24, 2.45) is 5.73 Å². The molecule has 0 spiro atoms. The van der Waals surface area contributed by atoms with E-state index in [-0.39, 0.29) is 11.9 Å². The summed E-state index contributed by atoms with van der Waals surface area (Å²) in [4.78, 5) is 39.7. The lowest BCUT2D eigenvalue weighted by Crippen LogP contribution is -2.42.